The Kier molecular flexibility index (Phi) is 5.12. The summed E-state index contributed by atoms with van der Waals surface area (Å²) < 4.78 is 5.75. The summed E-state index contributed by atoms with van der Waals surface area (Å²) in [4.78, 5) is 0. The number of rotatable bonds is 4. The maximum absolute atomic E-state index is 6.28. The molecule has 1 aliphatic rings. The van der Waals surface area contributed by atoms with E-state index in [9.17, 15) is 0 Å². The second-order valence-corrected chi connectivity index (χ2v) is 6.39. The molecule has 0 saturated heterocycles. The summed E-state index contributed by atoms with van der Waals surface area (Å²) in [6, 6.07) is 7.59. The zero-order chi connectivity index (χ0) is 13.8. The van der Waals surface area contributed by atoms with Crippen LogP contribution in [-0.2, 0) is 0 Å². The van der Waals surface area contributed by atoms with Crippen LogP contribution in [0.2, 0.25) is 5.02 Å². The second kappa shape index (κ2) is 6.62. The molecule has 1 saturated carbocycles. The molecule has 4 unspecified atom stereocenters. The highest BCUT2D eigenvalue weighted by Gasteiger charge is 2.28. The summed E-state index contributed by atoms with van der Waals surface area (Å²) in [5.41, 5.74) is 6.28. The van der Waals surface area contributed by atoms with E-state index in [-0.39, 0.29) is 6.04 Å². The fourth-order valence-corrected chi connectivity index (χ4v) is 2.96. The van der Waals surface area contributed by atoms with Crippen molar-refractivity contribution in [3.05, 3.63) is 29.3 Å². The molecule has 2 N–H and O–H groups in total. The number of benzene rings is 1. The minimum Gasteiger partial charge on any atom is -0.492 e. The van der Waals surface area contributed by atoms with Crippen molar-refractivity contribution in [3.63, 3.8) is 0 Å². The normalized spacial score (nSPS) is 28.9. The van der Waals surface area contributed by atoms with Gasteiger partial charge in [-0.15, -0.1) is 0 Å². The Hall–Kier alpha value is -0.730. The van der Waals surface area contributed by atoms with Crippen LogP contribution in [0, 0.1) is 17.8 Å². The van der Waals surface area contributed by atoms with Crippen molar-refractivity contribution in [2.24, 2.45) is 23.5 Å². The lowest BCUT2D eigenvalue weighted by atomic mass is 9.73. The van der Waals surface area contributed by atoms with Crippen LogP contribution in [0.5, 0.6) is 5.75 Å². The third kappa shape index (κ3) is 4.12. The molecule has 0 radical (unpaired) electrons. The van der Waals surface area contributed by atoms with E-state index < -0.39 is 0 Å². The average molecular weight is 282 g/mol. The fourth-order valence-electron chi connectivity index (χ4n) is 2.84. The molecule has 2 nitrogen and oxygen atoms in total. The average Bonchev–Trinajstić information content (AvgIpc) is 2.41. The van der Waals surface area contributed by atoms with Crippen LogP contribution in [0.4, 0.5) is 0 Å². The standard InChI is InChI=1S/C16H24ClNO/c1-11-3-4-13(9-12(11)2)16(18)10-19-15-7-5-14(17)6-8-15/h5-8,11-13,16H,3-4,9-10,18H2,1-2H3. The van der Waals surface area contributed by atoms with Crippen molar-refractivity contribution in [2.45, 2.75) is 39.2 Å². The molecule has 0 aliphatic heterocycles. The zero-order valence-corrected chi connectivity index (χ0v) is 12.6. The molecule has 19 heavy (non-hydrogen) atoms. The van der Waals surface area contributed by atoms with Crippen molar-refractivity contribution in [1.82, 2.24) is 0 Å². The maximum Gasteiger partial charge on any atom is 0.119 e. The van der Waals surface area contributed by atoms with E-state index in [1.807, 2.05) is 24.3 Å². The molecule has 1 aromatic carbocycles. The molecule has 1 fully saturated rings. The van der Waals surface area contributed by atoms with Gasteiger partial charge in [-0.2, -0.15) is 0 Å². The van der Waals surface area contributed by atoms with E-state index in [1.54, 1.807) is 0 Å². The number of nitrogens with two attached hydrogens (primary N) is 1. The molecule has 0 aromatic heterocycles. The lowest BCUT2D eigenvalue weighted by molar-refractivity contribution is 0.155. The number of hydrogen-bond donors (Lipinski definition) is 1. The van der Waals surface area contributed by atoms with Crippen LogP contribution < -0.4 is 10.5 Å². The minimum absolute atomic E-state index is 0.130. The quantitative estimate of drug-likeness (QED) is 0.901. The Bertz CT molecular complexity index is 392. The molecular formula is C16H24ClNO. The first kappa shape index (κ1) is 14.7. The summed E-state index contributed by atoms with van der Waals surface area (Å²) in [7, 11) is 0. The summed E-state index contributed by atoms with van der Waals surface area (Å²) in [6.07, 6.45) is 3.75. The van der Waals surface area contributed by atoms with Crippen LogP contribution in [0.3, 0.4) is 0 Å². The van der Waals surface area contributed by atoms with E-state index >= 15 is 0 Å². The third-order valence-corrected chi connectivity index (χ3v) is 4.75. The van der Waals surface area contributed by atoms with E-state index in [2.05, 4.69) is 13.8 Å². The Labute approximate surface area is 121 Å². The molecule has 1 aromatic rings. The Balaban J connectivity index is 1.81. The van der Waals surface area contributed by atoms with E-state index in [0.717, 1.165) is 22.6 Å². The molecule has 106 valence electrons. The van der Waals surface area contributed by atoms with Crippen molar-refractivity contribution >= 4 is 11.6 Å². The first-order chi connectivity index (χ1) is 9.06. The number of hydrogen-bond acceptors (Lipinski definition) is 2. The van der Waals surface area contributed by atoms with Crippen LogP contribution in [0.1, 0.15) is 33.1 Å². The molecule has 4 atom stereocenters. The van der Waals surface area contributed by atoms with Gasteiger partial charge in [0.15, 0.2) is 0 Å². The molecule has 1 aliphatic carbocycles. The van der Waals surface area contributed by atoms with Gasteiger partial charge < -0.3 is 10.5 Å². The van der Waals surface area contributed by atoms with Crippen LogP contribution in [0.25, 0.3) is 0 Å². The van der Waals surface area contributed by atoms with Gasteiger partial charge in [0.2, 0.25) is 0 Å². The molecular weight excluding hydrogens is 258 g/mol. The molecule has 3 heteroatoms. The lowest BCUT2D eigenvalue weighted by Crippen LogP contribution is -2.39. The first-order valence-corrected chi connectivity index (χ1v) is 7.58. The Morgan fingerprint density at radius 2 is 1.89 bits per heavy atom. The largest absolute Gasteiger partial charge is 0.492 e. The van der Waals surface area contributed by atoms with Crippen molar-refractivity contribution in [3.8, 4) is 5.75 Å². The van der Waals surface area contributed by atoms with Gasteiger partial charge in [0, 0.05) is 11.1 Å². The molecule has 0 amide bonds. The van der Waals surface area contributed by atoms with Gasteiger partial charge in [-0.05, 0) is 54.9 Å². The van der Waals surface area contributed by atoms with Gasteiger partial charge >= 0.3 is 0 Å². The highest BCUT2D eigenvalue weighted by molar-refractivity contribution is 6.30. The number of halogens is 1. The number of ether oxygens (including phenoxy) is 1. The summed E-state index contributed by atoms with van der Waals surface area (Å²) in [5, 5.41) is 0.728. The highest BCUT2D eigenvalue weighted by Crippen LogP contribution is 2.34. The highest BCUT2D eigenvalue weighted by atomic mass is 35.5. The fraction of sp³-hybridized carbons (Fsp3) is 0.625. The van der Waals surface area contributed by atoms with Crippen molar-refractivity contribution in [1.29, 1.82) is 0 Å². The van der Waals surface area contributed by atoms with Gasteiger partial charge in [0.25, 0.3) is 0 Å². The van der Waals surface area contributed by atoms with Crippen LogP contribution >= 0.6 is 11.6 Å². The van der Waals surface area contributed by atoms with Crippen LogP contribution in [-0.4, -0.2) is 12.6 Å². The predicted molar refractivity (Wildman–Crippen MR) is 80.6 cm³/mol. The zero-order valence-electron chi connectivity index (χ0n) is 11.8. The Morgan fingerprint density at radius 1 is 1.21 bits per heavy atom. The lowest BCUT2D eigenvalue weighted by Gasteiger charge is -2.35. The molecule has 0 bridgehead atoms. The monoisotopic (exact) mass is 281 g/mol. The van der Waals surface area contributed by atoms with Crippen molar-refractivity contribution in [2.75, 3.05) is 6.61 Å². The third-order valence-electron chi connectivity index (χ3n) is 4.50. The topological polar surface area (TPSA) is 35.2 Å². The Morgan fingerprint density at radius 3 is 2.53 bits per heavy atom. The summed E-state index contributed by atoms with van der Waals surface area (Å²) in [6.45, 7) is 5.27. The van der Waals surface area contributed by atoms with Gasteiger partial charge in [0.05, 0.1) is 0 Å². The second-order valence-electron chi connectivity index (χ2n) is 5.96. The summed E-state index contributed by atoms with van der Waals surface area (Å²) in [5.74, 6) is 3.05. The van der Waals surface area contributed by atoms with Gasteiger partial charge in [-0.3, -0.25) is 0 Å². The summed E-state index contributed by atoms with van der Waals surface area (Å²) >= 11 is 5.85. The molecule has 2 rings (SSSR count). The van der Waals surface area contributed by atoms with Gasteiger partial charge in [-0.25, -0.2) is 0 Å². The van der Waals surface area contributed by atoms with E-state index in [4.69, 9.17) is 22.1 Å². The SMILES string of the molecule is CC1CCC(C(N)COc2ccc(Cl)cc2)CC1C. The maximum atomic E-state index is 6.28. The molecule has 0 heterocycles. The van der Waals surface area contributed by atoms with Crippen molar-refractivity contribution < 1.29 is 4.74 Å². The minimum atomic E-state index is 0.130. The predicted octanol–water partition coefficient (Wildman–Crippen LogP) is 4.12. The molecule has 0 spiro atoms. The smallest absolute Gasteiger partial charge is 0.119 e. The van der Waals surface area contributed by atoms with Gasteiger partial charge in [-0.1, -0.05) is 31.9 Å². The van der Waals surface area contributed by atoms with Gasteiger partial charge in [0.1, 0.15) is 12.4 Å². The van der Waals surface area contributed by atoms with Crippen LogP contribution in [0.15, 0.2) is 24.3 Å². The first-order valence-electron chi connectivity index (χ1n) is 7.20. The van der Waals surface area contributed by atoms with E-state index in [0.29, 0.717) is 12.5 Å². The van der Waals surface area contributed by atoms with E-state index in [1.165, 1.54) is 19.3 Å².